The van der Waals surface area contributed by atoms with Crippen molar-refractivity contribution in [2.45, 2.75) is 37.9 Å². The van der Waals surface area contributed by atoms with E-state index in [0.717, 1.165) is 0 Å². The maximum atomic E-state index is 13.1. The highest BCUT2D eigenvalue weighted by Gasteiger charge is 2.28. The maximum absolute atomic E-state index is 13.1. The molecule has 0 aliphatic heterocycles. The van der Waals surface area contributed by atoms with Crippen LogP contribution in [0.25, 0.3) is 0 Å². The molecular weight excluding hydrogens is 444 g/mol. The van der Waals surface area contributed by atoms with Gasteiger partial charge in [-0.15, -0.1) is 0 Å². The minimum absolute atomic E-state index is 0.00460. The number of carboxylic acid groups (broad SMARTS) is 1. The van der Waals surface area contributed by atoms with Crippen LogP contribution in [0, 0.1) is 0 Å². The van der Waals surface area contributed by atoms with Gasteiger partial charge in [-0.05, 0) is 42.3 Å². The SMILES string of the molecule is CC(N)C(=O)NC(Cc1ccc(O)cc1)C(=O)NC(Cc1ccc(O)cc1)C(=O)NCC(=O)O. The molecule has 0 heterocycles. The van der Waals surface area contributed by atoms with Crippen molar-refractivity contribution >= 4 is 23.7 Å². The fourth-order valence-corrected chi connectivity index (χ4v) is 3.02. The molecule has 182 valence electrons. The molecule has 2 rings (SSSR count). The Morgan fingerprint density at radius 1 is 0.765 bits per heavy atom. The van der Waals surface area contributed by atoms with Crippen molar-refractivity contribution in [3.05, 3.63) is 59.7 Å². The van der Waals surface area contributed by atoms with Crippen LogP contribution >= 0.6 is 0 Å². The molecule has 8 N–H and O–H groups in total. The summed E-state index contributed by atoms with van der Waals surface area (Å²) >= 11 is 0. The second-order valence-electron chi connectivity index (χ2n) is 7.76. The number of carbonyl (C=O) groups is 4. The zero-order valence-corrected chi connectivity index (χ0v) is 18.5. The first kappa shape index (κ1) is 26.1. The van der Waals surface area contributed by atoms with Crippen LogP contribution in [0.1, 0.15) is 18.1 Å². The topological polar surface area (TPSA) is 191 Å². The Morgan fingerprint density at radius 2 is 1.18 bits per heavy atom. The van der Waals surface area contributed by atoms with Crippen LogP contribution in [0.5, 0.6) is 11.5 Å². The summed E-state index contributed by atoms with van der Waals surface area (Å²) in [6, 6.07) is 8.85. The van der Waals surface area contributed by atoms with Crippen molar-refractivity contribution in [3.63, 3.8) is 0 Å². The summed E-state index contributed by atoms with van der Waals surface area (Å²) in [6.07, 6.45) is 0.0535. The Hall–Kier alpha value is -4.12. The van der Waals surface area contributed by atoms with Crippen molar-refractivity contribution in [2.24, 2.45) is 5.73 Å². The lowest BCUT2D eigenvalue weighted by Crippen LogP contribution is -2.56. The van der Waals surface area contributed by atoms with Crippen LogP contribution in [-0.2, 0) is 32.0 Å². The number of phenols is 2. The van der Waals surface area contributed by atoms with Gasteiger partial charge >= 0.3 is 5.97 Å². The number of benzene rings is 2. The molecule has 0 bridgehead atoms. The Balaban J connectivity index is 2.24. The molecule has 3 atom stereocenters. The molecule has 3 unspecified atom stereocenters. The van der Waals surface area contributed by atoms with Crippen molar-refractivity contribution in [3.8, 4) is 11.5 Å². The lowest BCUT2D eigenvalue weighted by atomic mass is 10.0. The van der Waals surface area contributed by atoms with Gasteiger partial charge in [-0.1, -0.05) is 24.3 Å². The molecule has 0 saturated heterocycles. The highest BCUT2D eigenvalue weighted by molar-refractivity contribution is 5.93. The van der Waals surface area contributed by atoms with Gasteiger partial charge in [-0.25, -0.2) is 0 Å². The Kier molecular flexibility index (Phi) is 9.38. The fourth-order valence-electron chi connectivity index (χ4n) is 3.02. The van der Waals surface area contributed by atoms with Crippen LogP contribution in [0.3, 0.4) is 0 Å². The van der Waals surface area contributed by atoms with Crippen LogP contribution in [0.2, 0.25) is 0 Å². The van der Waals surface area contributed by atoms with Crippen molar-refractivity contribution in [1.29, 1.82) is 0 Å². The number of rotatable bonds is 11. The summed E-state index contributed by atoms with van der Waals surface area (Å²) in [7, 11) is 0. The second-order valence-corrected chi connectivity index (χ2v) is 7.76. The summed E-state index contributed by atoms with van der Waals surface area (Å²) in [6.45, 7) is 0.816. The molecule has 11 heteroatoms. The average Bonchev–Trinajstić information content (AvgIpc) is 2.79. The Labute approximate surface area is 196 Å². The number of phenolic OH excluding ortho intramolecular Hbond substituents is 2. The lowest BCUT2D eigenvalue weighted by molar-refractivity contribution is -0.138. The van der Waals surface area contributed by atoms with Gasteiger partial charge < -0.3 is 37.0 Å². The third-order valence-corrected chi connectivity index (χ3v) is 4.85. The van der Waals surface area contributed by atoms with E-state index in [1.54, 1.807) is 24.3 Å². The molecule has 2 aromatic carbocycles. The van der Waals surface area contributed by atoms with Crippen LogP contribution in [0.4, 0.5) is 0 Å². The largest absolute Gasteiger partial charge is 0.508 e. The molecule has 2 aromatic rings. The third kappa shape index (κ3) is 8.43. The monoisotopic (exact) mass is 472 g/mol. The van der Waals surface area contributed by atoms with E-state index in [-0.39, 0.29) is 24.3 Å². The van der Waals surface area contributed by atoms with E-state index < -0.39 is 48.4 Å². The molecule has 0 aliphatic carbocycles. The molecule has 0 fully saturated rings. The minimum Gasteiger partial charge on any atom is -0.508 e. The normalized spacial score (nSPS) is 13.2. The number of amides is 3. The van der Waals surface area contributed by atoms with Crippen LogP contribution < -0.4 is 21.7 Å². The van der Waals surface area contributed by atoms with Gasteiger partial charge in [0, 0.05) is 12.8 Å². The second kappa shape index (κ2) is 12.2. The number of hydrogen-bond donors (Lipinski definition) is 7. The molecule has 0 spiro atoms. The smallest absolute Gasteiger partial charge is 0.322 e. The van der Waals surface area contributed by atoms with Crippen molar-refractivity contribution < 1.29 is 34.5 Å². The first-order valence-electron chi connectivity index (χ1n) is 10.5. The zero-order chi connectivity index (χ0) is 25.3. The van der Waals surface area contributed by atoms with E-state index in [0.29, 0.717) is 11.1 Å². The first-order valence-corrected chi connectivity index (χ1v) is 10.5. The fraction of sp³-hybridized carbons (Fsp3) is 0.304. The van der Waals surface area contributed by atoms with Gasteiger partial charge in [0.2, 0.25) is 17.7 Å². The van der Waals surface area contributed by atoms with Crippen molar-refractivity contribution in [1.82, 2.24) is 16.0 Å². The van der Waals surface area contributed by atoms with E-state index in [1.165, 1.54) is 31.2 Å². The van der Waals surface area contributed by atoms with Crippen LogP contribution in [-0.4, -0.2) is 63.7 Å². The van der Waals surface area contributed by atoms with Gasteiger partial charge in [0.05, 0.1) is 6.04 Å². The van der Waals surface area contributed by atoms with Gasteiger partial charge in [0.1, 0.15) is 30.1 Å². The molecule has 11 nitrogen and oxygen atoms in total. The van der Waals surface area contributed by atoms with Gasteiger partial charge in [-0.2, -0.15) is 0 Å². The third-order valence-electron chi connectivity index (χ3n) is 4.85. The molecule has 0 aliphatic rings. The van der Waals surface area contributed by atoms with E-state index >= 15 is 0 Å². The summed E-state index contributed by atoms with van der Waals surface area (Å²) in [5.41, 5.74) is 6.85. The Morgan fingerprint density at radius 3 is 1.59 bits per heavy atom. The van der Waals surface area contributed by atoms with Gasteiger partial charge in [0.25, 0.3) is 0 Å². The summed E-state index contributed by atoms with van der Waals surface area (Å²) in [5, 5.41) is 35.2. The van der Waals surface area contributed by atoms with E-state index in [4.69, 9.17) is 10.8 Å². The van der Waals surface area contributed by atoms with E-state index in [2.05, 4.69) is 16.0 Å². The number of nitrogens with two attached hydrogens (primary N) is 1. The first-order chi connectivity index (χ1) is 16.0. The molecule has 3 amide bonds. The van der Waals surface area contributed by atoms with Gasteiger partial charge in [0.15, 0.2) is 0 Å². The lowest BCUT2D eigenvalue weighted by Gasteiger charge is -2.24. The molecule has 0 radical (unpaired) electrons. The predicted molar refractivity (Wildman–Crippen MR) is 122 cm³/mol. The molecule has 0 aromatic heterocycles. The minimum atomic E-state index is -1.25. The number of aliphatic carboxylic acids is 1. The zero-order valence-electron chi connectivity index (χ0n) is 18.5. The number of aromatic hydroxyl groups is 2. The van der Waals surface area contributed by atoms with E-state index in [9.17, 15) is 29.4 Å². The molecule has 34 heavy (non-hydrogen) atoms. The summed E-state index contributed by atoms with van der Waals surface area (Å²) < 4.78 is 0. The molecular formula is C23H28N4O7. The summed E-state index contributed by atoms with van der Waals surface area (Å²) in [4.78, 5) is 48.8. The standard InChI is InChI=1S/C23H28N4O7/c1-13(24)21(32)26-19(11-15-4-8-17(29)9-5-15)23(34)27-18(22(33)25-12-20(30)31)10-14-2-6-16(28)7-3-14/h2-9,13,18-19,28-29H,10-12,24H2,1H3,(H,25,33)(H,26,32)(H,27,34)(H,30,31). The highest BCUT2D eigenvalue weighted by Crippen LogP contribution is 2.13. The van der Waals surface area contributed by atoms with Gasteiger partial charge in [-0.3, -0.25) is 19.2 Å². The highest BCUT2D eigenvalue weighted by atomic mass is 16.4. The summed E-state index contributed by atoms with van der Waals surface area (Å²) in [5.74, 6) is -3.19. The van der Waals surface area contributed by atoms with E-state index in [1.807, 2.05) is 0 Å². The maximum Gasteiger partial charge on any atom is 0.322 e. The number of hydrogen-bond acceptors (Lipinski definition) is 7. The molecule has 0 saturated carbocycles. The number of nitrogens with one attached hydrogen (secondary N) is 3. The predicted octanol–water partition coefficient (Wildman–Crippen LogP) is -0.599. The van der Waals surface area contributed by atoms with Crippen molar-refractivity contribution in [2.75, 3.05) is 6.54 Å². The Bertz CT molecular complexity index is 1010. The number of carbonyl (C=O) groups excluding carboxylic acids is 3. The van der Waals surface area contributed by atoms with Crippen LogP contribution in [0.15, 0.2) is 48.5 Å². The quantitative estimate of drug-likeness (QED) is 0.225. The number of carboxylic acids is 1. The average molecular weight is 472 g/mol.